The minimum absolute atomic E-state index is 0.0747. The molecule has 0 aromatic heterocycles. The monoisotopic (exact) mass is 612 g/mol. The first-order chi connectivity index (χ1) is 20.8. The average Bonchev–Trinajstić information content (AvgIpc) is 3.36. The Morgan fingerprint density at radius 3 is 2.05 bits per heavy atom. The molecule has 0 unspecified atom stereocenters. The fourth-order valence-electron chi connectivity index (χ4n) is 6.95. The maximum Gasteiger partial charge on any atom is 0.345 e. The second-order valence-corrected chi connectivity index (χ2v) is 11.2. The summed E-state index contributed by atoms with van der Waals surface area (Å²) in [6.45, 7) is 0. The summed E-state index contributed by atoms with van der Waals surface area (Å²) in [4.78, 5) is 25.8. The summed E-state index contributed by atoms with van der Waals surface area (Å²) in [5, 5.41) is 94.5. The van der Waals surface area contributed by atoms with Crippen LogP contribution in [0.5, 0.6) is 51.7 Å². The average molecular weight is 612 g/mol. The molecule has 0 spiro atoms. The minimum atomic E-state index is -2.76. The summed E-state index contributed by atoms with van der Waals surface area (Å²) >= 11 is 0. The second-order valence-electron chi connectivity index (χ2n) is 11.2. The van der Waals surface area contributed by atoms with E-state index < -0.39 is 82.5 Å². The number of aliphatic hydroxyl groups is 1. The molecule has 15 heteroatoms. The first-order valence-electron chi connectivity index (χ1n) is 13.3. The van der Waals surface area contributed by atoms with Crippen molar-refractivity contribution in [1.82, 2.24) is 0 Å². The zero-order valence-electron chi connectivity index (χ0n) is 22.3. The Hall–Kier alpha value is -5.28. The number of aliphatic carboxylic acids is 2. The van der Waals surface area contributed by atoms with E-state index in [-0.39, 0.29) is 58.3 Å². The van der Waals surface area contributed by atoms with E-state index in [1.807, 2.05) is 0 Å². The van der Waals surface area contributed by atoms with Gasteiger partial charge in [0.15, 0.2) is 23.7 Å². The van der Waals surface area contributed by atoms with Crippen LogP contribution in [0.2, 0.25) is 0 Å². The van der Waals surface area contributed by atoms with E-state index in [0.717, 1.165) is 30.3 Å². The molecule has 0 aliphatic carbocycles. The summed E-state index contributed by atoms with van der Waals surface area (Å²) in [6.07, 6.45) is -7.31. The Kier molecular flexibility index (Phi) is 5.55. The van der Waals surface area contributed by atoms with Crippen molar-refractivity contribution >= 4 is 11.9 Å². The molecule has 6 atom stereocenters. The molecule has 4 heterocycles. The van der Waals surface area contributed by atoms with Gasteiger partial charge in [-0.1, -0.05) is 0 Å². The van der Waals surface area contributed by atoms with Crippen molar-refractivity contribution in [2.24, 2.45) is 0 Å². The number of carboxylic acids is 2. The summed E-state index contributed by atoms with van der Waals surface area (Å²) < 4.78 is 24.2. The van der Waals surface area contributed by atoms with Crippen LogP contribution in [-0.2, 0) is 32.8 Å². The van der Waals surface area contributed by atoms with Gasteiger partial charge < -0.3 is 64.9 Å². The SMILES string of the molecule is O=C(O)C[C@@]12Oc3c(O)c(O)cc([C@H]4Oc5cc(O)cc(O)c5C[C@H]4O)c3[C@]1(C(=O)O)O[C@@H]1Cc3c(O)cc(O)cc3O[C@@H]12. The molecular formula is C29H24O15. The standard InChI is InChI=1S/C29H24O15/c30-9-1-14(32)11-5-17(35)24(41-18(11)3-9)13-6-16(34)23(38)25-22(13)29(27(39)40)28(44-25,8-21(36)37)26-20(43-29)7-12-15(33)2-10(31)4-19(12)42-26/h1-4,6,17,20,24,26,30-35,38H,5,7-8H2,(H,36,37)(H,39,40)/t17-,20-,24-,26+,28+,29-/m1/s1. The highest BCUT2D eigenvalue weighted by Crippen LogP contribution is 2.66. The first kappa shape index (κ1) is 27.5. The van der Waals surface area contributed by atoms with Gasteiger partial charge in [0.1, 0.15) is 40.6 Å². The molecule has 15 nitrogen and oxygen atoms in total. The number of benzene rings is 3. The van der Waals surface area contributed by atoms with Crippen LogP contribution in [0, 0.1) is 0 Å². The van der Waals surface area contributed by atoms with Crippen molar-refractivity contribution < 1.29 is 74.5 Å². The van der Waals surface area contributed by atoms with Crippen molar-refractivity contribution in [2.75, 3.05) is 0 Å². The van der Waals surface area contributed by atoms with E-state index in [0.29, 0.717) is 0 Å². The number of phenols is 6. The van der Waals surface area contributed by atoms with E-state index in [2.05, 4.69) is 0 Å². The number of hydrogen-bond acceptors (Lipinski definition) is 13. The molecule has 0 saturated carbocycles. The molecule has 44 heavy (non-hydrogen) atoms. The van der Waals surface area contributed by atoms with Crippen molar-refractivity contribution in [1.29, 1.82) is 0 Å². The zero-order valence-corrected chi connectivity index (χ0v) is 22.3. The van der Waals surface area contributed by atoms with E-state index in [1.165, 1.54) is 0 Å². The van der Waals surface area contributed by atoms with Crippen molar-refractivity contribution in [3.8, 4) is 51.7 Å². The maximum atomic E-state index is 13.4. The molecule has 9 N–H and O–H groups in total. The van der Waals surface area contributed by atoms with Crippen LogP contribution in [0.25, 0.3) is 0 Å². The number of carbonyl (C=O) groups is 2. The van der Waals surface area contributed by atoms with Gasteiger partial charge in [-0.25, -0.2) is 4.79 Å². The molecule has 0 amide bonds. The van der Waals surface area contributed by atoms with Gasteiger partial charge in [0, 0.05) is 53.8 Å². The summed E-state index contributed by atoms with van der Waals surface area (Å²) in [5.41, 5.74) is -5.67. The van der Waals surface area contributed by atoms with Crippen molar-refractivity contribution in [3.63, 3.8) is 0 Å². The van der Waals surface area contributed by atoms with Gasteiger partial charge in [-0.05, 0) is 6.07 Å². The molecule has 4 aliphatic heterocycles. The lowest BCUT2D eigenvalue weighted by Crippen LogP contribution is -2.61. The van der Waals surface area contributed by atoms with E-state index in [9.17, 15) is 55.5 Å². The summed E-state index contributed by atoms with van der Waals surface area (Å²) in [6, 6.07) is 5.30. The molecule has 230 valence electrons. The van der Waals surface area contributed by atoms with Crippen LogP contribution in [0.3, 0.4) is 0 Å². The lowest BCUT2D eigenvalue weighted by molar-refractivity contribution is -0.183. The molecular weight excluding hydrogens is 588 g/mol. The molecule has 0 radical (unpaired) electrons. The van der Waals surface area contributed by atoms with Gasteiger partial charge in [-0.2, -0.15) is 0 Å². The lowest BCUT2D eigenvalue weighted by atomic mass is 9.72. The number of fused-ring (bicyclic) bond motifs is 7. The van der Waals surface area contributed by atoms with E-state index in [1.54, 1.807) is 0 Å². The van der Waals surface area contributed by atoms with Gasteiger partial charge in [-0.3, -0.25) is 4.79 Å². The Morgan fingerprint density at radius 1 is 0.818 bits per heavy atom. The van der Waals surface area contributed by atoms with Crippen LogP contribution in [0.4, 0.5) is 0 Å². The predicted molar refractivity (Wildman–Crippen MR) is 140 cm³/mol. The van der Waals surface area contributed by atoms with Crippen LogP contribution in [-0.4, -0.2) is 81.8 Å². The topological polar surface area (TPSA) is 253 Å². The zero-order chi connectivity index (χ0) is 31.5. The molecule has 3 aromatic carbocycles. The lowest BCUT2D eigenvalue weighted by Gasteiger charge is -2.38. The van der Waals surface area contributed by atoms with Gasteiger partial charge in [-0.15, -0.1) is 0 Å². The number of rotatable bonds is 4. The fraction of sp³-hybridized carbons (Fsp3) is 0.310. The third kappa shape index (κ3) is 3.44. The predicted octanol–water partition coefficient (Wildman–Crippen LogP) is 1.25. The number of carboxylic acid groups (broad SMARTS) is 2. The van der Waals surface area contributed by atoms with Gasteiger partial charge in [0.25, 0.3) is 0 Å². The van der Waals surface area contributed by atoms with Crippen LogP contribution in [0.1, 0.15) is 34.8 Å². The van der Waals surface area contributed by atoms with Gasteiger partial charge in [0.05, 0.1) is 18.1 Å². The quantitative estimate of drug-likeness (QED) is 0.188. The molecule has 4 aliphatic rings. The molecule has 1 saturated heterocycles. The Balaban J connectivity index is 1.45. The Labute approximate surface area is 245 Å². The fourth-order valence-corrected chi connectivity index (χ4v) is 6.95. The molecule has 1 fully saturated rings. The van der Waals surface area contributed by atoms with Crippen LogP contribution >= 0.6 is 0 Å². The minimum Gasteiger partial charge on any atom is -0.508 e. The highest BCUT2D eigenvalue weighted by Gasteiger charge is 2.80. The van der Waals surface area contributed by atoms with Crippen LogP contribution in [0.15, 0.2) is 30.3 Å². The van der Waals surface area contributed by atoms with Crippen molar-refractivity contribution in [2.45, 2.75) is 54.9 Å². The van der Waals surface area contributed by atoms with Crippen LogP contribution < -0.4 is 14.2 Å². The molecule has 3 aromatic rings. The first-order valence-corrected chi connectivity index (χ1v) is 13.3. The molecule has 7 rings (SSSR count). The number of hydrogen-bond donors (Lipinski definition) is 9. The smallest absolute Gasteiger partial charge is 0.345 e. The Bertz CT molecular complexity index is 1790. The highest BCUT2D eigenvalue weighted by molar-refractivity contribution is 5.89. The number of phenolic OH excluding ortho intramolecular Hbond substituents is 6. The van der Waals surface area contributed by atoms with Crippen molar-refractivity contribution in [3.05, 3.63) is 52.6 Å². The number of ether oxygens (including phenoxy) is 4. The maximum absolute atomic E-state index is 13.4. The Morgan fingerprint density at radius 2 is 1.43 bits per heavy atom. The van der Waals surface area contributed by atoms with E-state index >= 15 is 0 Å². The largest absolute Gasteiger partial charge is 0.508 e. The molecule has 0 bridgehead atoms. The summed E-state index contributed by atoms with van der Waals surface area (Å²) in [7, 11) is 0. The van der Waals surface area contributed by atoms with Gasteiger partial charge in [0.2, 0.25) is 17.0 Å². The summed E-state index contributed by atoms with van der Waals surface area (Å²) in [5.74, 6) is -7.44. The highest BCUT2D eigenvalue weighted by atomic mass is 16.7. The van der Waals surface area contributed by atoms with E-state index in [4.69, 9.17) is 18.9 Å². The normalized spacial score (nSPS) is 29.1. The third-order valence-electron chi connectivity index (χ3n) is 8.66. The second kappa shape index (κ2) is 8.87. The third-order valence-corrected chi connectivity index (χ3v) is 8.66. The number of aliphatic hydroxyl groups excluding tert-OH is 1. The van der Waals surface area contributed by atoms with Gasteiger partial charge >= 0.3 is 11.9 Å². The number of aromatic hydroxyl groups is 6.